The Labute approximate surface area is 122 Å². The molecular formula is C17H14ClNO. The van der Waals surface area contributed by atoms with Crippen molar-refractivity contribution in [1.82, 2.24) is 4.57 Å². The second-order valence-corrected chi connectivity index (χ2v) is 5.27. The molecule has 100 valence electrons. The molecule has 2 nitrogen and oxygen atoms in total. The van der Waals surface area contributed by atoms with Crippen molar-refractivity contribution in [3.63, 3.8) is 0 Å². The van der Waals surface area contributed by atoms with E-state index in [1.165, 1.54) is 0 Å². The average molecular weight is 284 g/mol. The van der Waals surface area contributed by atoms with Gasteiger partial charge < -0.3 is 4.57 Å². The van der Waals surface area contributed by atoms with Gasteiger partial charge in [-0.1, -0.05) is 48.0 Å². The summed E-state index contributed by atoms with van der Waals surface area (Å²) >= 11 is 6.19. The molecule has 1 aromatic heterocycles. The minimum atomic E-state index is 0.00104. The van der Waals surface area contributed by atoms with Crippen LogP contribution in [-0.4, -0.2) is 4.57 Å². The van der Waals surface area contributed by atoms with Crippen LogP contribution in [0.2, 0.25) is 5.02 Å². The van der Waals surface area contributed by atoms with Gasteiger partial charge in [-0.15, -0.1) is 0 Å². The molecule has 20 heavy (non-hydrogen) atoms. The topological polar surface area (TPSA) is 22.0 Å². The lowest BCUT2D eigenvalue weighted by atomic mass is 10.1. The van der Waals surface area contributed by atoms with E-state index in [-0.39, 0.29) is 5.56 Å². The third-order valence-electron chi connectivity index (χ3n) is 3.51. The molecule has 3 rings (SSSR count). The predicted molar refractivity (Wildman–Crippen MR) is 83.5 cm³/mol. The summed E-state index contributed by atoms with van der Waals surface area (Å²) in [4.78, 5) is 12.3. The Bertz CT molecular complexity index is 836. The fraction of sp³-hybridized carbons (Fsp3) is 0.118. The third kappa shape index (κ3) is 2.23. The summed E-state index contributed by atoms with van der Waals surface area (Å²) in [5.41, 5.74) is 2.89. The number of aryl methyl sites for hydroxylation is 1. The highest BCUT2D eigenvalue weighted by Crippen LogP contribution is 2.20. The van der Waals surface area contributed by atoms with E-state index in [1.54, 1.807) is 10.6 Å². The number of hydrogen-bond acceptors (Lipinski definition) is 1. The minimum absolute atomic E-state index is 0.00104. The van der Waals surface area contributed by atoms with Crippen molar-refractivity contribution < 1.29 is 0 Å². The first kappa shape index (κ1) is 12.9. The normalized spacial score (nSPS) is 10.9. The molecule has 3 aromatic rings. The Morgan fingerprint density at radius 2 is 1.75 bits per heavy atom. The van der Waals surface area contributed by atoms with Crippen molar-refractivity contribution in [3.8, 4) is 0 Å². The summed E-state index contributed by atoms with van der Waals surface area (Å²) in [5, 5.41) is 1.78. The summed E-state index contributed by atoms with van der Waals surface area (Å²) in [7, 11) is 0. The van der Waals surface area contributed by atoms with Crippen LogP contribution < -0.4 is 5.56 Å². The Balaban J connectivity index is 2.22. The molecule has 1 heterocycles. The number of aromatic nitrogens is 1. The van der Waals surface area contributed by atoms with Crippen LogP contribution in [0.5, 0.6) is 0 Å². The van der Waals surface area contributed by atoms with Crippen molar-refractivity contribution in [2.45, 2.75) is 13.5 Å². The fourth-order valence-corrected chi connectivity index (χ4v) is 2.66. The van der Waals surface area contributed by atoms with Crippen molar-refractivity contribution in [1.29, 1.82) is 0 Å². The molecule has 0 aliphatic heterocycles. The zero-order valence-electron chi connectivity index (χ0n) is 11.1. The van der Waals surface area contributed by atoms with Gasteiger partial charge in [0.05, 0.1) is 12.1 Å². The molecule has 0 atom stereocenters. The minimum Gasteiger partial charge on any atom is -0.304 e. The van der Waals surface area contributed by atoms with Crippen LogP contribution in [0.25, 0.3) is 10.9 Å². The fourth-order valence-electron chi connectivity index (χ4n) is 2.46. The van der Waals surface area contributed by atoms with Gasteiger partial charge in [0.1, 0.15) is 0 Å². The van der Waals surface area contributed by atoms with Crippen LogP contribution in [0.15, 0.2) is 59.4 Å². The first-order valence-corrected chi connectivity index (χ1v) is 6.87. The lowest BCUT2D eigenvalue weighted by Gasteiger charge is -2.12. The molecular weight excluding hydrogens is 270 g/mol. The van der Waals surface area contributed by atoms with Crippen LogP contribution in [0.4, 0.5) is 0 Å². The summed E-state index contributed by atoms with van der Waals surface area (Å²) < 4.78 is 1.77. The molecule has 0 aliphatic carbocycles. The monoisotopic (exact) mass is 283 g/mol. The number of pyridine rings is 1. The lowest BCUT2D eigenvalue weighted by molar-refractivity contribution is 0.793. The molecule has 0 fully saturated rings. The molecule has 0 unspecified atom stereocenters. The van der Waals surface area contributed by atoms with Gasteiger partial charge >= 0.3 is 0 Å². The second kappa shape index (κ2) is 5.14. The third-order valence-corrected chi connectivity index (χ3v) is 3.88. The first-order chi connectivity index (χ1) is 9.66. The van der Waals surface area contributed by atoms with E-state index >= 15 is 0 Å². The standard InChI is InChI=1S/C17H14ClNO/c1-12-10-17(20)19(16-9-5-3-7-14(12)16)11-13-6-2-4-8-15(13)18/h2-10H,11H2,1H3. The van der Waals surface area contributed by atoms with Gasteiger partial charge in [0, 0.05) is 16.5 Å². The smallest absolute Gasteiger partial charge is 0.251 e. The zero-order chi connectivity index (χ0) is 14.1. The van der Waals surface area contributed by atoms with Crippen molar-refractivity contribution in [3.05, 3.63) is 81.1 Å². The summed E-state index contributed by atoms with van der Waals surface area (Å²) in [6.45, 7) is 2.45. The van der Waals surface area contributed by atoms with E-state index in [2.05, 4.69) is 0 Å². The van der Waals surface area contributed by atoms with Gasteiger partial charge in [0.25, 0.3) is 5.56 Å². The molecule has 3 heteroatoms. The number of benzene rings is 2. The molecule has 0 radical (unpaired) electrons. The van der Waals surface area contributed by atoms with Gasteiger partial charge in [-0.25, -0.2) is 0 Å². The van der Waals surface area contributed by atoms with Gasteiger partial charge in [-0.2, -0.15) is 0 Å². The highest BCUT2D eigenvalue weighted by molar-refractivity contribution is 6.31. The Kier molecular flexibility index (Phi) is 3.33. The predicted octanol–water partition coefficient (Wildman–Crippen LogP) is 4.01. The van der Waals surface area contributed by atoms with E-state index < -0.39 is 0 Å². The lowest BCUT2D eigenvalue weighted by Crippen LogP contribution is -2.21. The maximum Gasteiger partial charge on any atom is 0.251 e. The van der Waals surface area contributed by atoms with E-state index in [0.29, 0.717) is 11.6 Å². The number of rotatable bonds is 2. The maximum atomic E-state index is 12.3. The average Bonchev–Trinajstić information content (AvgIpc) is 2.45. The Morgan fingerprint density at radius 3 is 2.55 bits per heavy atom. The Morgan fingerprint density at radius 1 is 1.05 bits per heavy atom. The number of nitrogens with zero attached hydrogens (tertiary/aromatic N) is 1. The van der Waals surface area contributed by atoms with Crippen LogP contribution in [-0.2, 0) is 6.54 Å². The molecule has 2 aromatic carbocycles. The second-order valence-electron chi connectivity index (χ2n) is 4.86. The molecule has 0 saturated heterocycles. The van der Waals surface area contributed by atoms with E-state index in [1.807, 2.05) is 55.5 Å². The quantitative estimate of drug-likeness (QED) is 0.696. The molecule has 0 bridgehead atoms. The van der Waals surface area contributed by atoms with Gasteiger partial charge in [0.15, 0.2) is 0 Å². The first-order valence-electron chi connectivity index (χ1n) is 6.49. The highest BCUT2D eigenvalue weighted by Gasteiger charge is 2.08. The van der Waals surface area contributed by atoms with Crippen LogP contribution in [0.1, 0.15) is 11.1 Å². The van der Waals surface area contributed by atoms with E-state index in [0.717, 1.165) is 22.0 Å². The van der Waals surface area contributed by atoms with Gasteiger partial charge in [-0.3, -0.25) is 4.79 Å². The zero-order valence-corrected chi connectivity index (χ0v) is 11.9. The van der Waals surface area contributed by atoms with Crippen LogP contribution in [0, 0.1) is 6.92 Å². The maximum absolute atomic E-state index is 12.3. The van der Waals surface area contributed by atoms with E-state index in [4.69, 9.17) is 11.6 Å². The summed E-state index contributed by atoms with van der Waals surface area (Å²) in [5.74, 6) is 0. The highest BCUT2D eigenvalue weighted by atomic mass is 35.5. The van der Waals surface area contributed by atoms with Crippen LogP contribution in [0.3, 0.4) is 0 Å². The summed E-state index contributed by atoms with van der Waals surface area (Å²) in [6.07, 6.45) is 0. The molecule has 0 aliphatic rings. The summed E-state index contributed by atoms with van der Waals surface area (Å²) in [6, 6.07) is 17.2. The van der Waals surface area contributed by atoms with Gasteiger partial charge in [-0.05, 0) is 30.2 Å². The largest absolute Gasteiger partial charge is 0.304 e. The molecule has 0 spiro atoms. The molecule has 0 amide bonds. The van der Waals surface area contributed by atoms with Crippen molar-refractivity contribution in [2.75, 3.05) is 0 Å². The molecule has 0 saturated carbocycles. The molecule has 0 N–H and O–H groups in total. The Hall–Kier alpha value is -2.06. The van der Waals surface area contributed by atoms with Crippen molar-refractivity contribution in [2.24, 2.45) is 0 Å². The van der Waals surface area contributed by atoms with Gasteiger partial charge in [0.2, 0.25) is 0 Å². The number of halogens is 1. The number of para-hydroxylation sites is 1. The SMILES string of the molecule is Cc1cc(=O)n(Cc2ccccc2Cl)c2ccccc12. The number of fused-ring (bicyclic) bond motifs is 1. The van der Waals surface area contributed by atoms with Crippen LogP contribution >= 0.6 is 11.6 Å². The van der Waals surface area contributed by atoms with Crippen molar-refractivity contribution >= 4 is 22.5 Å². The van der Waals surface area contributed by atoms with E-state index in [9.17, 15) is 4.79 Å². The number of hydrogen-bond donors (Lipinski definition) is 0.